The molecule has 0 aliphatic rings. The predicted octanol–water partition coefficient (Wildman–Crippen LogP) is 3.65. The van der Waals surface area contributed by atoms with Crippen LogP contribution in [0.3, 0.4) is 0 Å². The summed E-state index contributed by atoms with van der Waals surface area (Å²) in [5.41, 5.74) is 2.19. The molecule has 0 fully saturated rings. The van der Waals surface area contributed by atoms with Gasteiger partial charge in [-0.1, -0.05) is 12.1 Å². The number of aromatic nitrogens is 1. The molecule has 2 aromatic carbocycles. The summed E-state index contributed by atoms with van der Waals surface area (Å²) in [6.45, 7) is 1.72. The Labute approximate surface area is 137 Å². The van der Waals surface area contributed by atoms with Crippen LogP contribution in [0.5, 0.6) is 0 Å². The number of hydrogen-bond acceptors (Lipinski definition) is 3. The molecular weight excluding hydrogens is 311 g/mol. The Bertz CT molecular complexity index is 929. The fraction of sp³-hybridized carbons (Fsp3) is 0.111. The first kappa shape index (κ1) is 15.7. The summed E-state index contributed by atoms with van der Waals surface area (Å²) >= 11 is 0. The van der Waals surface area contributed by atoms with Crippen LogP contribution in [-0.4, -0.2) is 24.0 Å². The van der Waals surface area contributed by atoms with Crippen molar-refractivity contribution >= 4 is 28.5 Å². The lowest BCUT2D eigenvalue weighted by atomic mass is 10.1. The fourth-order valence-electron chi connectivity index (χ4n) is 2.61. The van der Waals surface area contributed by atoms with E-state index in [1.54, 1.807) is 43.3 Å². The minimum Gasteiger partial charge on any atom is -0.465 e. The topological polar surface area (TPSA) is 71.2 Å². The first-order valence-corrected chi connectivity index (χ1v) is 7.27. The van der Waals surface area contributed by atoms with Crippen LogP contribution in [0.1, 0.15) is 26.4 Å². The molecule has 1 amide bonds. The highest BCUT2D eigenvalue weighted by Crippen LogP contribution is 2.25. The van der Waals surface area contributed by atoms with Gasteiger partial charge in [0, 0.05) is 16.8 Å². The average Bonchev–Trinajstić information content (AvgIpc) is 2.92. The maximum atomic E-state index is 13.8. The highest BCUT2D eigenvalue weighted by atomic mass is 19.1. The van der Waals surface area contributed by atoms with Crippen LogP contribution in [0.15, 0.2) is 42.5 Å². The lowest BCUT2D eigenvalue weighted by molar-refractivity contribution is 0.0600. The number of carbonyl (C=O) groups is 2. The van der Waals surface area contributed by atoms with Gasteiger partial charge in [0.25, 0.3) is 5.91 Å². The quantitative estimate of drug-likeness (QED) is 0.722. The van der Waals surface area contributed by atoms with Gasteiger partial charge in [-0.3, -0.25) is 4.79 Å². The molecule has 3 aromatic rings. The van der Waals surface area contributed by atoms with Crippen LogP contribution in [0.25, 0.3) is 10.9 Å². The number of ether oxygens (including phenoxy) is 1. The van der Waals surface area contributed by atoms with Crippen molar-refractivity contribution in [1.82, 2.24) is 4.98 Å². The molecule has 3 rings (SSSR count). The van der Waals surface area contributed by atoms with E-state index in [0.717, 1.165) is 0 Å². The number of aromatic amines is 1. The molecule has 6 heteroatoms. The molecule has 0 aliphatic heterocycles. The third-order valence-corrected chi connectivity index (χ3v) is 3.76. The number of hydrogen-bond donors (Lipinski definition) is 2. The Kier molecular flexibility index (Phi) is 4.04. The van der Waals surface area contributed by atoms with Crippen molar-refractivity contribution in [3.05, 3.63) is 65.1 Å². The number of benzene rings is 2. The number of fused-ring (bicyclic) bond motifs is 1. The zero-order chi connectivity index (χ0) is 17.3. The van der Waals surface area contributed by atoms with Crippen LogP contribution >= 0.6 is 0 Å². The van der Waals surface area contributed by atoms with Gasteiger partial charge in [0.2, 0.25) is 0 Å². The molecule has 0 saturated heterocycles. The minimum absolute atomic E-state index is 0.307. The van der Waals surface area contributed by atoms with E-state index >= 15 is 0 Å². The Morgan fingerprint density at radius 2 is 1.83 bits per heavy atom. The van der Waals surface area contributed by atoms with Crippen molar-refractivity contribution in [3.63, 3.8) is 0 Å². The van der Waals surface area contributed by atoms with Gasteiger partial charge in [0.1, 0.15) is 5.82 Å². The standard InChI is InChI=1S/C18H15FN2O3/c1-10-15(13-4-3-5-14(19)16(13)20-10)17(22)21-12-8-6-11(7-9-12)18(23)24-2/h3-9,20H,1-2H3,(H,21,22). The summed E-state index contributed by atoms with van der Waals surface area (Å²) in [6, 6.07) is 10.9. The van der Waals surface area contributed by atoms with Gasteiger partial charge in [0.05, 0.1) is 23.8 Å². The minimum atomic E-state index is -0.448. The van der Waals surface area contributed by atoms with E-state index in [0.29, 0.717) is 33.4 Å². The second-order valence-electron chi connectivity index (χ2n) is 5.31. The van der Waals surface area contributed by atoms with Gasteiger partial charge in [-0.15, -0.1) is 0 Å². The summed E-state index contributed by atoms with van der Waals surface area (Å²) in [5.74, 6) is -1.21. The molecule has 0 spiro atoms. The van der Waals surface area contributed by atoms with Gasteiger partial charge < -0.3 is 15.0 Å². The van der Waals surface area contributed by atoms with Crippen LogP contribution < -0.4 is 5.32 Å². The van der Waals surface area contributed by atoms with Gasteiger partial charge in [-0.2, -0.15) is 0 Å². The molecule has 0 bridgehead atoms. The van der Waals surface area contributed by atoms with E-state index in [1.807, 2.05) is 0 Å². The van der Waals surface area contributed by atoms with E-state index in [4.69, 9.17) is 0 Å². The zero-order valence-electron chi connectivity index (χ0n) is 13.1. The SMILES string of the molecule is COC(=O)c1ccc(NC(=O)c2c(C)[nH]c3c(F)cccc23)cc1. The van der Waals surface area contributed by atoms with E-state index in [2.05, 4.69) is 15.0 Å². The predicted molar refractivity (Wildman–Crippen MR) is 88.7 cm³/mol. The fourth-order valence-corrected chi connectivity index (χ4v) is 2.61. The molecule has 5 nitrogen and oxygen atoms in total. The second-order valence-corrected chi connectivity index (χ2v) is 5.31. The molecule has 1 heterocycles. The van der Waals surface area contributed by atoms with Crippen LogP contribution in [0.2, 0.25) is 0 Å². The molecule has 0 atom stereocenters. The molecule has 0 unspecified atom stereocenters. The number of nitrogens with one attached hydrogen (secondary N) is 2. The number of rotatable bonds is 3. The number of methoxy groups -OCH3 is 1. The summed E-state index contributed by atoms with van der Waals surface area (Å²) in [4.78, 5) is 26.9. The number of aryl methyl sites for hydroxylation is 1. The first-order valence-electron chi connectivity index (χ1n) is 7.27. The van der Waals surface area contributed by atoms with E-state index in [9.17, 15) is 14.0 Å². The number of para-hydroxylation sites is 1. The molecule has 0 saturated carbocycles. The molecule has 2 N–H and O–H groups in total. The smallest absolute Gasteiger partial charge is 0.337 e. The summed E-state index contributed by atoms with van der Waals surface area (Å²) in [7, 11) is 1.30. The number of carbonyl (C=O) groups excluding carboxylic acids is 2. The number of esters is 1. The van der Waals surface area contributed by atoms with E-state index < -0.39 is 11.8 Å². The highest BCUT2D eigenvalue weighted by molar-refractivity contribution is 6.14. The van der Waals surface area contributed by atoms with Crippen molar-refractivity contribution in [2.45, 2.75) is 6.92 Å². The molecule has 122 valence electrons. The molecule has 0 radical (unpaired) electrons. The summed E-state index contributed by atoms with van der Waals surface area (Å²) in [5, 5.41) is 3.27. The number of H-pyrrole nitrogens is 1. The monoisotopic (exact) mass is 326 g/mol. The second kappa shape index (κ2) is 6.16. The normalized spacial score (nSPS) is 10.6. The maximum absolute atomic E-state index is 13.8. The van der Waals surface area contributed by atoms with Crippen molar-refractivity contribution in [2.24, 2.45) is 0 Å². The maximum Gasteiger partial charge on any atom is 0.337 e. The molecular formula is C18H15FN2O3. The van der Waals surface area contributed by atoms with Crippen molar-refractivity contribution in [2.75, 3.05) is 12.4 Å². The number of anilines is 1. The Morgan fingerprint density at radius 1 is 1.12 bits per heavy atom. The van der Waals surface area contributed by atoms with Crippen LogP contribution in [-0.2, 0) is 4.74 Å². The third kappa shape index (κ3) is 2.74. The zero-order valence-corrected chi connectivity index (χ0v) is 13.1. The van der Waals surface area contributed by atoms with Gasteiger partial charge >= 0.3 is 5.97 Å². The lowest BCUT2D eigenvalue weighted by Crippen LogP contribution is -2.13. The van der Waals surface area contributed by atoms with E-state index in [-0.39, 0.29) is 5.91 Å². The highest BCUT2D eigenvalue weighted by Gasteiger charge is 2.18. The Hall–Kier alpha value is -3.15. The first-order chi connectivity index (χ1) is 11.5. The van der Waals surface area contributed by atoms with Crippen molar-refractivity contribution in [1.29, 1.82) is 0 Å². The van der Waals surface area contributed by atoms with Gasteiger partial charge in [-0.05, 0) is 37.3 Å². The number of amides is 1. The summed E-state index contributed by atoms with van der Waals surface area (Å²) < 4.78 is 18.4. The van der Waals surface area contributed by atoms with Crippen molar-refractivity contribution < 1.29 is 18.7 Å². The van der Waals surface area contributed by atoms with E-state index in [1.165, 1.54) is 13.2 Å². The molecule has 0 aliphatic carbocycles. The van der Waals surface area contributed by atoms with Gasteiger partial charge in [-0.25, -0.2) is 9.18 Å². The Morgan fingerprint density at radius 3 is 2.50 bits per heavy atom. The largest absolute Gasteiger partial charge is 0.465 e. The Balaban J connectivity index is 1.89. The molecule has 1 aromatic heterocycles. The van der Waals surface area contributed by atoms with Crippen LogP contribution in [0.4, 0.5) is 10.1 Å². The lowest BCUT2D eigenvalue weighted by Gasteiger charge is -2.06. The third-order valence-electron chi connectivity index (χ3n) is 3.76. The van der Waals surface area contributed by atoms with Gasteiger partial charge in [0.15, 0.2) is 0 Å². The van der Waals surface area contributed by atoms with Crippen molar-refractivity contribution in [3.8, 4) is 0 Å². The number of halogens is 1. The summed E-state index contributed by atoms with van der Waals surface area (Å²) in [6.07, 6.45) is 0. The van der Waals surface area contributed by atoms with Crippen LogP contribution in [0, 0.1) is 12.7 Å². The molecule has 24 heavy (non-hydrogen) atoms. The average molecular weight is 326 g/mol.